The maximum absolute atomic E-state index is 12.6. The van der Waals surface area contributed by atoms with Gasteiger partial charge in [-0.15, -0.1) is 12.4 Å². The van der Waals surface area contributed by atoms with Gasteiger partial charge in [-0.25, -0.2) is 0 Å². The minimum atomic E-state index is -0.294. The van der Waals surface area contributed by atoms with E-state index in [2.05, 4.69) is 29.4 Å². The molecule has 2 rings (SSSR count). The first kappa shape index (κ1) is 22.2. The number of carbonyl (C=O) groups is 2. The zero-order valence-electron chi connectivity index (χ0n) is 15.8. The number of likely N-dealkylation sites (tertiary alicyclic amines) is 1. The van der Waals surface area contributed by atoms with E-state index in [1.54, 1.807) is 0 Å². The maximum atomic E-state index is 12.6. The molecule has 0 saturated carbocycles. The number of nitrogens with one attached hydrogen (secondary N) is 2. The molecular formula is C18H35ClN4O2. The molecule has 2 saturated heterocycles. The Morgan fingerprint density at radius 2 is 1.92 bits per heavy atom. The van der Waals surface area contributed by atoms with Gasteiger partial charge in [0.05, 0.1) is 0 Å². The average molecular weight is 375 g/mol. The molecule has 6 nitrogen and oxygen atoms in total. The molecule has 2 amide bonds. The van der Waals surface area contributed by atoms with Crippen LogP contribution in [0.3, 0.4) is 0 Å². The van der Waals surface area contributed by atoms with Crippen molar-refractivity contribution in [1.82, 2.24) is 20.4 Å². The molecule has 146 valence electrons. The largest absolute Gasteiger partial charge is 0.354 e. The minimum absolute atomic E-state index is 0. The first-order chi connectivity index (χ1) is 11.6. The molecular weight excluding hydrogens is 340 g/mol. The maximum Gasteiger partial charge on any atom is 0.242 e. The van der Waals surface area contributed by atoms with E-state index in [0.29, 0.717) is 18.9 Å². The van der Waals surface area contributed by atoms with E-state index in [4.69, 9.17) is 0 Å². The fourth-order valence-electron chi connectivity index (χ4n) is 3.55. The average Bonchev–Trinajstić information content (AvgIpc) is 2.58. The lowest BCUT2D eigenvalue weighted by Crippen LogP contribution is -2.52. The summed E-state index contributed by atoms with van der Waals surface area (Å²) in [7, 11) is 0. The second-order valence-corrected chi connectivity index (χ2v) is 7.43. The third-order valence-corrected chi connectivity index (χ3v) is 4.89. The SMILES string of the molecule is CC(C)CC(C(=O)NCCCN1CCNCC1)N1CCCCC1=O.Cl. The number of hydrogen-bond donors (Lipinski definition) is 2. The lowest BCUT2D eigenvalue weighted by atomic mass is 9.98. The van der Waals surface area contributed by atoms with E-state index in [1.807, 2.05) is 4.90 Å². The van der Waals surface area contributed by atoms with Gasteiger partial charge in [-0.3, -0.25) is 9.59 Å². The van der Waals surface area contributed by atoms with Crippen LogP contribution in [-0.4, -0.2) is 73.5 Å². The van der Waals surface area contributed by atoms with Crippen molar-refractivity contribution >= 4 is 24.2 Å². The van der Waals surface area contributed by atoms with E-state index in [0.717, 1.165) is 65.0 Å². The van der Waals surface area contributed by atoms with Crippen molar-refractivity contribution in [2.24, 2.45) is 5.92 Å². The number of rotatable bonds is 8. The van der Waals surface area contributed by atoms with Crippen LogP contribution < -0.4 is 10.6 Å². The molecule has 0 aromatic carbocycles. The van der Waals surface area contributed by atoms with Crippen molar-refractivity contribution in [3.8, 4) is 0 Å². The number of amides is 2. The van der Waals surface area contributed by atoms with Crippen molar-refractivity contribution in [1.29, 1.82) is 0 Å². The van der Waals surface area contributed by atoms with Crippen LogP contribution in [0.5, 0.6) is 0 Å². The van der Waals surface area contributed by atoms with Gasteiger partial charge in [0.15, 0.2) is 0 Å². The van der Waals surface area contributed by atoms with Crippen molar-refractivity contribution in [2.75, 3.05) is 45.8 Å². The first-order valence-electron chi connectivity index (χ1n) is 9.58. The third-order valence-electron chi connectivity index (χ3n) is 4.89. The Morgan fingerprint density at radius 1 is 1.20 bits per heavy atom. The van der Waals surface area contributed by atoms with Gasteiger partial charge >= 0.3 is 0 Å². The van der Waals surface area contributed by atoms with Crippen LogP contribution in [0.2, 0.25) is 0 Å². The molecule has 2 heterocycles. The molecule has 2 aliphatic rings. The quantitative estimate of drug-likeness (QED) is 0.627. The summed E-state index contributed by atoms with van der Waals surface area (Å²) in [5, 5.41) is 6.42. The summed E-state index contributed by atoms with van der Waals surface area (Å²) in [4.78, 5) is 29.1. The van der Waals surface area contributed by atoms with Crippen molar-refractivity contribution < 1.29 is 9.59 Å². The van der Waals surface area contributed by atoms with Crippen LogP contribution in [0.1, 0.15) is 46.0 Å². The van der Waals surface area contributed by atoms with Crippen LogP contribution in [0.25, 0.3) is 0 Å². The van der Waals surface area contributed by atoms with Gasteiger partial charge < -0.3 is 20.4 Å². The number of hydrogen-bond acceptors (Lipinski definition) is 4. The van der Waals surface area contributed by atoms with Gasteiger partial charge in [0, 0.05) is 45.7 Å². The predicted octanol–water partition coefficient (Wildman–Crippen LogP) is 1.25. The Bertz CT molecular complexity index is 414. The molecule has 1 unspecified atom stereocenters. The fourth-order valence-corrected chi connectivity index (χ4v) is 3.55. The summed E-state index contributed by atoms with van der Waals surface area (Å²) in [6.45, 7) is 11.0. The first-order valence-corrected chi connectivity index (χ1v) is 9.58. The normalized spacial score (nSPS) is 20.3. The van der Waals surface area contributed by atoms with Crippen molar-refractivity contribution in [3.05, 3.63) is 0 Å². The molecule has 2 N–H and O–H groups in total. The molecule has 7 heteroatoms. The predicted molar refractivity (Wildman–Crippen MR) is 103 cm³/mol. The minimum Gasteiger partial charge on any atom is -0.354 e. The zero-order chi connectivity index (χ0) is 17.4. The smallest absolute Gasteiger partial charge is 0.242 e. The van der Waals surface area contributed by atoms with Crippen LogP contribution in [0, 0.1) is 5.92 Å². The lowest BCUT2D eigenvalue weighted by molar-refractivity contribution is -0.143. The Hall–Kier alpha value is -0.850. The zero-order valence-corrected chi connectivity index (χ0v) is 16.6. The Morgan fingerprint density at radius 3 is 2.56 bits per heavy atom. The van der Waals surface area contributed by atoms with Crippen molar-refractivity contribution in [2.45, 2.75) is 52.0 Å². The molecule has 0 bridgehead atoms. The Kier molecular flexibility index (Phi) is 10.4. The summed E-state index contributed by atoms with van der Waals surface area (Å²) >= 11 is 0. The van der Waals surface area contributed by atoms with E-state index in [9.17, 15) is 9.59 Å². The summed E-state index contributed by atoms with van der Waals surface area (Å²) in [6.07, 6.45) is 4.26. The number of halogens is 1. The Balaban J connectivity index is 0.00000312. The Labute approximate surface area is 158 Å². The lowest BCUT2D eigenvalue weighted by Gasteiger charge is -2.34. The second-order valence-electron chi connectivity index (χ2n) is 7.43. The highest BCUT2D eigenvalue weighted by atomic mass is 35.5. The van der Waals surface area contributed by atoms with Crippen LogP contribution in [-0.2, 0) is 9.59 Å². The van der Waals surface area contributed by atoms with Crippen LogP contribution in [0.4, 0.5) is 0 Å². The van der Waals surface area contributed by atoms with Gasteiger partial charge in [0.2, 0.25) is 11.8 Å². The summed E-state index contributed by atoms with van der Waals surface area (Å²) in [5.74, 6) is 0.568. The van der Waals surface area contributed by atoms with Gasteiger partial charge in [-0.1, -0.05) is 13.8 Å². The molecule has 2 aliphatic heterocycles. The standard InChI is InChI=1S/C18H34N4O2.ClH/c1-15(2)14-16(22-11-4-3-6-17(22)23)18(24)20-7-5-10-21-12-8-19-9-13-21;/h15-16,19H,3-14H2,1-2H3,(H,20,24);1H. The van der Waals surface area contributed by atoms with Crippen LogP contribution >= 0.6 is 12.4 Å². The third kappa shape index (κ3) is 7.50. The number of nitrogens with zero attached hydrogens (tertiary/aromatic N) is 2. The highest BCUT2D eigenvalue weighted by molar-refractivity contribution is 5.88. The van der Waals surface area contributed by atoms with E-state index in [1.165, 1.54) is 0 Å². The summed E-state index contributed by atoms with van der Waals surface area (Å²) in [5.41, 5.74) is 0. The van der Waals surface area contributed by atoms with E-state index < -0.39 is 0 Å². The molecule has 0 aliphatic carbocycles. The number of piperidine rings is 1. The van der Waals surface area contributed by atoms with E-state index >= 15 is 0 Å². The molecule has 0 radical (unpaired) electrons. The number of carbonyl (C=O) groups excluding carboxylic acids is 2. The molecule has 1 atom stereocenters. The van der Waals surface area contributed by atoms with Gasteiger partial charge in [-0.05, 0) is 38.1 Å². The monoisotopic (exact) mass is 374 g/mol. The molecule has 0 spiro atoms. The highest BCUT2D eigenvalue weighted by Gasteiger charge is 2.31. The molecule has 0 aromatic heterocycles. The van der Waals surface area contributed by atoms with Gasteiger partial charge in [-0.2, -0.15) is 0 Å². The topological polar surface area (TPSA) is 64.7 Å². The molecule has 25 heavy (non-hydrogen) atoms. The van der Waals surface area contributed by atoms with Crippen molar-refractivity contribution in [3.63, 3.8) is 0 Å². The van der Waals surface area contributed by atoms with Gasteiger partial charge in [0.25, 0.3) is 0 Å². The summed E-state index contributed by atoms with van der Waals surface area (Å²) < 4.78 is 0. The van der Waals surface area contributed by atoms with Crippen LogP contribution in [0.15, 0.2) is 0 Å². The molecule has 2 fully saturated rings. The second kappa shape index (κ2) is 11.7. The highest BCUT2D eigenvalue weighted by Crippen LogP contribution is 2.19. The fraction of sp³-hybridized carbons (Fsp3) is 0.889. The van der Waals surface area contributed by atoms with E-state index in [-0.39, 0.29) is 30.3 Å². The van der Waals surface area contributed by atoms with Gasteiger partial charge in [0.1, 0.15) is 6.04 Å². The molecule has 0 aromatic rings. The number of piperazine rings is 1. The summed E-state index contributed by atoms with van der Waals surface area (Å²) in [6, 6.07) is -0.294.